The van der Waals surface area contributed by atoms with Gasteiger partial charge in [0.05, 0.1) is 13.2 Å². The molecule has 0 bridgehead atoms. The summed E-state index contributed by atoms with van der Waals surface area (Å²) in [5.41, 5.74) is 0.290. The van der Waals surface area contributed by atoms with Crippen molar-refractivity contribution in [3.05, 3.63) is 52.2 Å². The van der Waals surface area contributed by atoms with Crippen molar-refractivity contribution in [3.8, 4) is 5.75 Å². The van der Waals surface area contributed by atoms with E-state index in [1.165, 1.54) is 5.56 Å². The average molecular weight is 390 g/mol. The highest BCUT2D eigenvalue weighted by atomic mass is 32.1. The molecule has 0 spiro atoms. The van der Waals surface area contributed by atoms with E-state index in [-0.39, 0.29) is 0 Å². The molecule has 0 saturated heterocycles. The SMILES string of the molecule is CCNC(=NCC(C)(O)c1cccs1)NCCCCOc1ccc(C)cc1. The Hall–Kier alpha value is -2.05. The lowest BCUT2D eigenvalue weighted by molar-refractivity contribution is 0.0711. The molecule has 1 heterocycles. The van der Waals surface area contributed by atoms with Crippen molar-refractivity contribution < 1.29 is 9.84 Å². The lowest BCUT2D eigenvalue weighted by atomic mass is 10.1. The minimum Gasteiger partial charge on any atom is -0.494 e. The maximum Gasteiger partial charge on any atom is 0.191 e. The quantitative estimate of drug-likeness (QED) is 0.329. The molecular weight excluding hydrogens is 358 g/mol. The summed E-state index contributed by atoms with van der Waals surface area (Å²) in [7, 11) is 0. The Bertz CT molecular complexity index is 682. The molecule has 0 radical (unpaired) electrons. The maximum absolute atomic E-state index is 10.6. The van der Waals surface area contributed by atoms with Crippen molar-refractivity contribution in [2.75, 3.05) is 26.2 Å². The summed E-state index contributed by atoms with van der Waals surface area (Å²) in [6.45, 7) is 8.51. The Morgan fingerprint density at radius 3 is 2.63 bits per heavy atom. The first-order valence-electron chi connectivity index (χ1n) is 9.49. The molecule has 0 aliphatic heterocycles. The standard InChI is InChI=1S/C21H31N3O2S/c1-4-22-20(24-16-21(3,25)19-8-7-15-27-19)23-13-5-6-14-26-18-11-9-17(2)10-12-18/h7-12,15,25H,4-6,13-14,16H2,1-3H3,(H2,22,23,24). The Labute approximate surface area is 166 Å². The lowest BCUT2D eigenvalue weighted by Gasteiger charge is -2.20. The zero-order valence-electron chi connectivity index (χ0n) is 16.5. The van der Waals surface area contributed by atoms with Crippen LogP contribution in [0.4, 0.5) is 0 Å². The number of aryl methyl sites for hydroxylation is 1. The molecule has 0 saturated carbocycles. The van der Waals surface area contributed by atoms with Gasteiger partial charge in [-0.1, -0.05) is 23.8 Å². The van der Waals surface area contributed by atoms with Gasteiger partial charge in [-0.3, -0.25) is 0 Å². The van der Waals surface area contributed by atoms with Crippen molar-refractivity contribution >= 4 is 17.3 Å². The number of unbranched alkanes of at least 4 members (excludes halogenated alkanes) is 1. The van der Waals surface area contributed by atoms with Crippen LogP contribution in [0.15, 0.2) is 46.8 Å². The third-order valence-corrected chi connectivity index (χ3v) is 5.22. The largest absolute Gasteiger partial charge is 0.494 e. The van der Waals surface area contributed by atoms with E-state index in [2.05, 4.69) is 34.7 Å². The predicted molar refractivity (Wildman–Crippen MR) is 114 cm³/mol. The smallest absolute Gasteiger partial charge is 0.191 e. The highest BCUT2D eigenvalue weighted by Crippen LogP contribution is 2.25. The molecule has 0 aliphatic rings. The molecule has 1 unspecified atom stereocenters. The van der Waals surface area contributed by atoms with Gasteiger partial charge in [-0.05, 0) is 57.2 Å². The Morgan fingerprint density at radius 1 is 1.19 bits per heavy atom. The van der Waals surface area contributed by atoms with E-state index in [1.54, 1.807) is 18.3 Å². The summed E-state index contributed by atoms with van der Waals surface area (Å²) < 4.78 is 5.74. The topological polar surface area (TPSA) is 65.9 Å². The predicted octanol–water partition coefficient (Wildman–Crippen LogP) is 3.68. The van der Waals surface area contributed by atoms with Gasteiger partial charge < -0.3 is 20.5 Å². The van der Waals surface area contributed by atoms with Crippen molar-refractivity contribution in [2.45, 2.75) is 39.2 Å². The molecule has 148 valence electrons. The van der Waals surface area contributed by atoms with Crippen LogP contribution in [-0.4, -0.2) is 37.3 Å². The second-order valence-corrected chi connectivity index (χ2v) is 7.69. The minimum atomic E-state index is -0.946. The minimum absolute atomic E-state index is 0.319. The van der Waals surface area contributed by atoms with E-state index in [4.69, 9.17) is 4.74 Å². The first-order valence-corrected chi connectivity index (χ1v) is 10.4. The monoisotopic (exact) mass is 389 g/mol. The second-order valence-electron chi connectivity index (χ2n) is 6.74. The van der Waals surface area contributed by atoms with Crippen molar-refractivity contribution in [2.24, 2.45) is 4.99 Å². The first kappa shape index (κ1) is 21.3. The molecule has 6 heteroatoms. The maximum atomic E-state index is 10.6. The summed E-state index contributed by atoms with van der Waals surface area (Å²) in [4.78, 5) is 5.46. The van der Waals surface area contributed by atoms with Crippen molar-refractivity contribution in [3.63, 3.8) is 0 Å². The number of hydrogen-bond acceptors (Lipinski definition) is 4. The van der Waals surface area contributed by atoms with Gasteiger partial charge >= 0.3 is 0 Å². The zero-order valence-corrected chi connectivity index (χ0v) is 17.3. The highest BCUT2D eigenvalue weighted by Gasteiger charge is 2.23. The normalized spacial score (nSPS) is 13.9. The number of aliphatic imine (C=N–C) groups is 1. The average Bonchev–Trinajstić information content (AvgIpc) is 3.20. The van der Waals surface area contributed by atoms with Gasteiger partial charge in [0.1, 0.15) is 11.4 Å². The molecule has 2 rings (SSSR count). The third-order valence-electron chi connectivity index (χ3n) is 4.09. The van der Waals surface area contributed by atoms with E-state index in [1.807, 2.05) is 36.6 Å². The number of thiophene rings is 1. The van der Waals surface area contributed by atoms with E-state index in [9.17, 15) is 5.11 Å². The van der Waals surface area contributed by atoms with Gasteiger partial charge in [0.25, 0.3) is 0 Å². The lowest BCUT2D eigenvalue weighted by Crippen LogP contribution is -2.39. The number of nitrogens with one attached hydrogen (secondary N) is 2. The summed E-state index contributed by atoms with van der Waals surface area (Å²) in [6, 6.07) is 12.0. The van der Waals surface area contributed by atoms with Gasteiger partial charge in [0.15, 0.2) is 5.96 Å². The number of rotatable bonds is 10. The number of ether oxygens (including phenoxy) is 1. The molecule has 0 amide bonds. The van der Waals surface area contributed by atoms with E-state index in [0.717, 1.165) is 42.5 Å². The van der Waals surface area contributed by atoms with Gasteiger partial charge in [0.2, 0.25) is 0 Å². The zero-order chi connectivity index (χ0) is 19.5. The number of aliphatic hydroxyl groups is 1. The van der Waals surface area contributed by atoms with Crippen LogP contribution in [0.25, 0.3) is 0 Å². The van der Waals surface area contributed by atoms with Crippen LogP contribution in [0.3, 0.4) is 0 Å². The molecule has 0 aliphatic carbocycles. The highest BCUT2D eigenvalue weighted by molar-refractivity contribution is 7.10. The Kier molecular flexibility index (Phi) is 8.61. The van der Waals surface area contributed by atoms with E-state index < -0.39 is 5.60 Å². The third kappa shape index (κ3) is 7.61. The number of benzene rings is 1. The van der Waals surface area contributed by atoms with Crippen LogP contribution in [0, 0.1) is 6.92 Å². The van der Waals surface area contributed by atoms with Crippen LogP contribution in [0.2, 0.25) is 0 Å². The fourth-order valence-electron chi connectivity index (χ4n) is 2.50. The van der Waals surface area contributed by atoms with Gasteiger partial charge in [-0.15, -0.1) is 11.3 Å². The first-order chi connectivity index (χ1) is 13.0. The van der Waals surface area contributed by atoms with Gasteiger partial charge in [-0.2, -0.15) is 0 Å². The summed E-state index contributed by atoms with van der Waals surface area (Å²) in [5.74, 6) is 1.65. The van der Waals surface area contributed by atoms with Gasteiger partial charge in [-0.25, -0.2) is 4.99 Å². The number of guanidine groups is 1. The summed E-state index contributed by atoms with van der Waals surface area (Å²) in [6.07, 6.45) is 1.95. The molecule has 1 aromatic heterocycles. The molecule has 5 nitrogen and oxygen atoms in total. The van der Waals surface area contributed by atoms with E-state index >= 15 is 0 Å². The molecular formula is C21H31N3O2S. The fourth-order valence-corrected chi connectivity index (χ4v) is 3.28. The molecule has 27 heavy (non-hydrogen) atoms. The van der Waals surface area contributed by atoms with Crippen LogP contribution < -0.4 is 15.4 Å². The van der Waals surface area contributed by atoms with Crippen LogP contribution in [0.1, 0.15) is 37.1 Å². The number of nitrogens with zero attached hydrogens (tertiary/aromatic N) is 1. The molecule has 1 atom stereocenters. The molecule has 2 aromatic rings. The Balaban J connectivity index is 1.70. The fraction of sp³-hybridized carbons (Fsp3) is 0.476. The van der Waals surface area contributed by atoms with Gasteiger partial charge in [0, 0.05) is 18.0 Å². The van der Waals surface area contributed by atoms with E-state index in [0.29, 0.717) is 13.2 Å². The van der Waals surface area contributed by atoms with Crippen LogP contribution in [0.5, 0.6) is 5.75 Å². The van der Waals surface area contributed by atoms with Crippen molar-refractivity contribution in [1.29, 1.82) is 0 Å². The van der Waals surface area contributed by atoms with Crippen molar-refractivity contribution in [1.82, 2.24) is 10.6 Å². The molecule has 0 fully saturated rings. The summed E-state index contributed by atoms with van der Waals surface area (Å²) >= 11 is 1.55. The second kappa shape index (κ2) is 10.9. The van der Waals surface area contributed by atoms with Crippen LogP contribution >= 0.6 is 11.3 Å². The molecule has 1 aromatic carbocycles. The van der Waals surface area contributed by atoms with Crippen LogP contribution in [-0.2, 0) is 5.60 Å². The Morgan fingerprint density at radius 2 is 1.96 bits per heavy atom. The number of hydrogen-bond donors (Lipinski definition) is 3. The molecule has 3 N–H and O–H groups in total. The summed E-state index contributed by atoms with van der Waals surface area (Å²) in [5, 5.41) is 19.1.